The molecular formula is C17H20BrNO. The number of aliphatic hydroxyl groups is 1. The van der Waals surface area contributed by atoms with Gasteiger partial charge in [-0.05, 0) is 48.7 Å². The highest BCUT2D eigenvalue weighted by atomic mass is 79.9. The smallest absolute Gasteiger partial charge is 0.0807 e. The second-order valence-electron chi connectivity index (χ2n) is 5.12. The zero-order valence-corrected chi connectivity index (χ0v) is 13.5. The number of halogens is 1. The van der Waals surface area contributed by atoms with Gasteiger partial charge >= 0.3 is 0 Å². The van der Waals surface area contributed by atoms with Gasteiger partial charge in [-0.2, -0.15) is 0 Å². The van der Waals surface area contributed by atoms with E-state index in [0.29, 0.717) is 6.42 Å². The third kappa shape index (κ3) is 4.09. The second-order valence-corrected chi connectivity index (χ2v) is 6.04. The molecule has 2 aromatic carbocycles. The van der Waals surface area contributed by atoms with Gasteiger partial charge in [0.1, 0.15) is 0 Å². The molecule has 0 amide bonds. The van der Waals surface area contributed by atoms with Crippen LogP contribution in [-0.2, 0) is 0 Å². The molecule has 0 fully saturated rings. The lowest BCUT2D eigenvalue weighted by molar-refractivity contribution is 0.170. The fraction of sp³-hybridized carbons (Fsp3) is 0.294. The summed E-state index contributed by atoms with van der Waals surface area (Å²) in [6.07, 6.45) is 0.278. The lowest BCUT2D eigenvalue weighted by Crippen LogP contribution is -2.20. The van der Waals surface area contributed by atoms with Crippen LogP contribution in [0.4, 0.5) is 5.69 Å². The summed E-state index contributed by atoms with van der Waals surface area (Å²) in [5, 5.41) is 10.2. The Balaban J connectivity index is 1.94. The summed E-state index contributed by atoms with van der Waals surface area (Å²) >= 11 is 3.43. The van der Waals surface area contributed by atoms with Crippen LogP contribution in [0.15, 0.2) is 53.0 Å². The predicted molar refractivity (Wildman–Crippen MR) is 88.2 cm³/mol. The van der Waals surface area contributed by atoms with Crippen LogP contribution in [0.1, 0.15) is 23.7 Å². The SMILES string of the molecule is Cc1cccc(N(C)CCC(O)c2cccc(Br)c2)c1. The van der Waals surface area contributed by atoms with Crippen molar-refractivity contribution >= 4 is 21.6 Å². The summed E-state index contributed by atoms with van der Waals surface area (Å²) in [5.41, 5.74) is 3.39. The van der Waals surface area contributed by atoms with Crippen LogP contribution in [0, 0.1) is 6.92 Å². The van der Waals surface area contributed by atoms with E-state index in [4.69, 9.17) is 0 Å². The molecule has 2 nitrogen and oxygen atoms in total. The third-order valence-corrected chi connectivity index (χ3v) is 3.91. The second kappa shape index (κ2) is 6.91. The first-order valence-corrected chi connectivity index (χ1v) is 7.57. The maximum Gasteiger partial charge on any atom is 0.0807 e. The summed E-state index contributed by atoms with van der Waals surface area (Å²) in [6, 6.07) is 16.3. The summed E-state index contributed by atoms with van der Waals surface area (Å²) in [7, 11) is 2.06. The molecule has 0 radical (unpaired) electrons. The molecule has 3 heteroatoms. The Morgan fingerprint density at radius 1 is 1.15 bits per heavy atom. The van der Waals surface area contributed by atoms with Crippen molar-refractivity contribution in [1.29, 1.82) is 0 Å². The lowest BCUT2D eigenvalue weighted by atomic mass is 10.1. The Bertz CT molecular complexity index is 519. The van der Waals surface area contributed by atoms with Gasteiger partial charge in [-0.15, -0.1) is 0 Å². The van der Waals surface area contributed by atoms with Crippen molar-refractivity contribution in [3.05, 3.63) is 64.1 Å². The molecule has 0 heterocycles. The van der Waals surface area contributed by atoms with Crippen LogP contribution in [0.2, 0.25) is 0 Å². The average Bonchev–Trinajstić information content (AvgIpc) is 2.44. The molecule has 0 aromatic heterocycles. The van der Waals surface area contributed by atoms with E-state index in [2.05, 4.69) is 59.1 Å². The molecular weight excluding hydrogens is 314 g/mol. The fourth-order valence-corrected chi connectivity index (χ4v) is 2.61. The van der Waals surface area contributed by atoms with Crippen molar-refractivity contribution in [1.82, 2.24) is 0 Å². The first-order chi connectivity index (χ1) is 9.56. The topological polar surface area (TPSA) is 23.5 Å². The van der Waals surface area contributed by atoms with Crippen molar-refractivity contribution in [3.8, 4) is 0 Å². The first-order valence-electron chi connectivity index (χ1n) is 6.77. The van der Waals surface area contributed by atoms with E-state index in [-0.39, 0.29) is 0 Å². The van der Waals surface area contributed by atoms with E-state index in [1.165, 1.54) is 11.3 Å². The predicted octanol–water partition coefficient (Wildman–Crippen LogP) is 4.32. The quantitative estimate of drug-likeness (QED) is 0.880. The van der Waals surface area contributed by atoms with Crippen molar-refractivity contribution < 1.29 is 5.11 Å². The van der Waals surface area contributed by atoms with Crippen LogP contribution < -0.4 is 4.90 Å². The molecule has 106 valence electrons. The van der Waals surface area contributed by atoms with Gasteiger partial charge in [0.15, 0.2) is 0 Å². The Kier molecular flexibility index (Phi) is 5.21. The van der Waals surface area contributed by atoms with Gasteiger partial charge in [0.05, 0.1) is 6.10 Å². The van der Waals surface area contributed by atoms with Gasteiger partial charge in [0.2, 0.25) is 0 Å². The third-order valence-electron chi connectivity index (χ3n) is 3.41. The van der Waals surface area contributed by atoms with E-state index >= 15 is 0 Å². The van der Waals surface area contributed by atoms with Crippen LogP contribution in [0.25, 0.3) is 0 Å². The molecule has 0 aliphatic heterocycles. The van der Waals surface area contributed by atoms with E-state index in [0.717, 1.165) is 16.6 Å². The number of anilines is 1. The van der Waals surface area contributed by atoms with Gasteiger partial charge in [-0.3, -0.25) is 0 Å². The summed E-state index contributed by atoms with van der Waals surface area (Å²) in [6.45, 7) is 2.91. The molecule has 0 aliphatic carbocycles. The molecule has 0 bridgehead atoms. The minimum Gasteiger partial charge on any atom is -0.388 e. The molecule has 20 heavy (non-hydrogen) atoms. The first kappa shape index (κ1) is 15.1. The van der Waals surface area contributed by atoms with Crippen LogP contribution >= 0.6 is 15.9 Å². The van der Waals surface area contributed by atoms with Crippen molar-refractivity contribution in [2.75, 3.05) is 18.5 Å². The Morgan fingerprint density at radius 3 is 2.60 bits per heavy atom. The van der Waals surface area contributed by atoms with E-state index in [1.807, 2.05) is 24.3 Å². The van der Waals surface area contributed by atoms with Crippen molar-refractivity contribution in [3.63, 3.8) is 0 Å². The number of aryl methyl sites for hydroxylation is 1. The molecule has 1 N–H and O–H groups in total. The highest BCUT2D eigenvalue weighted by Crippen LogP contribution is 2.22. The molecule has 1 atom stereocenters. The monoisotopic (exact) mass is 333 g/mol. The normalized spacial score (nSPS) is 12.2. The molecule has 1 unspecified atom stereocenters. The molecule has 0 aliphatic rings. The van der Waals surface area contributed by atoms with Crippen LogP contribution in [0.3, 0.4) is 0 Å². The van der Waals surface area contributed by atoms with Gasteiger partial charge < -0.3 is 10.0 Å². The highest BCUT2D eigenvalue weighted by molar-refractivity contribution is 9.10. The van der Waals surface area contributed by atoms with Crippen LogP contribution in [0.5, 0.6) is 0 Å². The maximum absolute atomic E-state index is 10.2. The van der Waals surface area contributed by atoms with Gasteiger partial charge in [-0.25, -0.2) is 0 Å². The van der Waals surface area contributed by atoms with E-state index in [9.17, 15) is 5.11 Å². The van der Waals surface area contributed by atoms with E-state index in [1.54, 1.807) is 0 Å². The number of hydrogen-bond donors (Lipinski definition) is 1. The van der Waals surface area contributed by atoms with E-state index < -0.39 is 6.10 Å². The van der Waals surface area contributed by atoms with Crippen molar-refractivity contribution in [2.45, 2.75) is 19.4 Å². The number of rotatable bonds is 5. The van der Waals surface area contributed by atoms with Gasteiger partial charge in [-0.1, -0.05) is 40.2 Å². The van der Waals surface area contributed by atoms with Crippen LogP contribution in [-0.4, -0.2) is 18.7 Å². The standard InChI is InChI=1S/C17H20BrNO/c1-13-5-3-8-16(11-13)19(2)10-9-17(20)14-6-4-7-15(18)12-14/h3-8,11-12,17,20H,9-10H2,1-2H3. The number of nitrogens with zero attached hydrogens (tertiary/aromatic N) is 1. The zero-order valence-electron chi connectivity index (χ0n) is 11.9. The summed E-state index contributed by atoms with van der Waals surface area (Å²) < 4.78 is 1.00. The Morgan fingerprint density at radius 2 is 1.90 bits per heavy atom. The number of hydrogen-bond acceptors (Lipinski definition) is 2. The summed E-state index contributed by atoms with van der Waals surface area (Å²) in [5.74, 6) is 0. The Hall–Kier alpha value is -1.32. The minimum absolute atomic E-state index is 0.431. The van der Waals surface area contributed by atoms with Gasteiger partial charge in [0.25, 0.3) is 0 Å². The fourth-order valence-electron chi connectivity index (χ4n) is 2.19. The molecule has 0 spiro atoms. The molecule has 0 saturated carbocycles. The Labute approximate surface area is 129 Å². The molecule has 2 rings (SSSR count). The van der Waals surface area contributed by atoms with Gasteiger partial charge in [0, 0.05) is 23.8 Å². The lowest BCUT2D eigenvalue weighted by Gasteiger charge is -2.21. The molecule has 0 saturated heterocycles. The minimum atomic E-state index is -0.431. The molecule has 2 aromatic rings. The summed E-state index contributed by atoms with van der Waals surface area (Å²) in [4.78, 5) is 2.17. The zero-order chi connectivity index (χ0) is 14.5. The maximum atomic E-state index is 10.2. The van der Waals surface area contributed by atoms with Crippen molar-refractivity contribution in [2.24, 2.45) is 0 Å². The largest absolute Gasteiger partial charge is 0.388 e. The average molecular weight is 334 g/mol. The number of benzene rings is 2. The number of aliphatic hydroxyl groups excluding tert-OH is 1. The highest BCUT2D eigenvalue weighted by Gasteiger charge is 2.09.